The van der Waals surface area contributed by atoms with Crippen molar-refractivity contribution in [2.75, 3.05) is 25.0 Å². The van der Waals surface area contributed by atoms with E-state index in [1.807, 2.05) is 36.4 Å². The van der Waals surface area contributed by atoms with Crippen LogP contribution in [0, 0.1) is 0 Å². The highest BCUT2D eigenvalue weighted by atomic mass is 16.2. The van der Waals surface area contributed by atoms with Crippen LogP contribution in [0.15, 0.2) is 49.1 Å². The zero-order valence-corrected chi connectivity index (χ0v) is 11.2. The Labute approximate surface area is 118 Å². The van der Waals surface area contributed by atoms with Gasteiger partial charge < -0.3 is 16.0 Å². The van der Waals surface area contributed by atoms with Crippen LogP contribution in [-0.4, -0.2) is 30.6 Å². The predicted octanol–water partition coefficient (Wildman–Crippen LogP) is 2.13. The number of anilines is 1. The van der Waals surface area contributed by atoms with Gasteiger partial charge in [0.1, 0.15) is 5.82 Å². The van der Waals surface area contributed by atoms with Crippen LogP contribution >= 0.6 is 0 Å². The summed E-state index contributed by atoms with van der Waals surface area (Å²) in [6.45, 7) is 5.14. The van der Waals surface area contributed by atoms with E-state index in [-0.39, 0.29) is 6.03 Å². The number of pyridine rings is 1. The summed E-state index contributed by atoms with van der Waals surface area (Å²) in [6, 6.07) is 11.7. The number of nitrogens with zero attached hydrogens (tertiary/aromatic N) is 1. The van der Waals surface area contributed by atoms with Gasteiger partial charge in [-0.2, -0.15) is 0 Å². The van der Waals surface area contributed by atoms with E-state index in [1.165, 1.54) is 0 Å². The number of rotatable bonds is 6. The van der Waals surface area contributed by atoms with E-state index in [1.54, 1.807) is 6.08 Å². The Hall–Kier alpha value is -2.56. The van der Waals surface area contributed by atoms with Crippen molar-refractivity contribution in [3.05, 3.63) is 49.1 Å². The fourth-order valence-corrected chi connectivity index (χ4v) is 1.76. The number of hydrogen-bond acceptors (Lipinski definition) is 3. The lowest BCUT2D eigenvalue weighted by Crippen LogP contribution is -2.37. The quantitative estimate of drug-likeness (QED) is 0.556. The molecule has 1 aromatic carbocycles. The predicted molar refractivity (Wildman–Crippen MR) is 81.8 cm³/mol. The molecule has 0 bridgehead atoms. The third kappa shape index (κ3) is 3.98. The second-order valence-corrected chi connectivity index (χ2v) is 4.24. The Morgan fingerprint density at radius 2 is 2.00 bits per heavy atom. The minimum atomic E-state index is -0.196. The zero-order chi connectivity index (χ0) is 14.2. The van der Waals surface area contributed by atoms with Gasteiger partial charge in [-0.1, -0.05) is 24.3 Å². The van der Waals surface area contributed by atoms with Crippen LogP contribution < -0.4 is 16.0 Å². The number of benzene rings is 1. The lowest BCUT2D eigenvalue weighted by Gasteiger charge is -2.08. The van der Waals surface area contributed by atoms with Crippen molar-refractivity contribution < 1.29 is 4.79 Å². The number of aromatic nitrogens is 1. The largest absolute Gasteiger partial charge is 0.368 e. The molecule has 104 valence electrons. The Kier molecular flexibility index (Phi) is 4.94. The first-order chi connectivity index (χ1) is 9.79. The van der Waals surface area contributed by atoms with Crippen LogP contribution in [0.4, 0.5) is 10.6 Å². The summed E-state index contributed by atoms with van der Waals surface area (Å²) >= 11 is 0. The van der Waals surface area contributed by atoms with Crippen LogP contribution in [0.3, 0.4) is 0 Å². The number of fused-ring (bicyclic) bond motifs is 1. The molecule has 0 saturated carbocycles. The van der Waals surface area contributed by atoms with Gasteiger partial charge in [-0.05, 0) is 18.2 Å². The second-order valence-electron chi connectivity index (χ2n) is 4.24. The summed E-state index contributed by atoms with van der Waals surface area (Å²) in [5.41, 5.74) is 0.953. The second kappa shape index (κ2) is 7.13. The first-order valence-electron chi connectivity index (χ1n) is 6.52. The van der Waals surface area contributed by atoms with Gasteiger partial charge in [0.15, 0.2) is 0 Å². The molecular formula is C15H18N4O. The molecule has 0 aliphatic heterocycles. The van der Waals surface area contributed by atoms with Gasteiger partial charge in [0.25, 0.3) is 0 Å². The van der Waals surface area contributed by atoms with E-state index in [4.69, 9.17) is 0 Å². The van der Waals surface area contributed by atoms with Gasteiger partial charge in [-0.15, -0.1) is 6.58 Å². The van der Waals surface area contributed by atoms with Gasteiger partial charge in [0.05, 0.1) is 5.52 Å². The van der Waals surface area contributed by atoms with Crippen LogP contribution in [-0.2, 0) is 0 Å². The van der Waals surface area contributed by atoms with Crippen molar-refractivity contribution in [2.45, 2.75) is 0 Å². The molecule has 2 amide bonds. The SMILES string of the molecule is C=CCNC(=O)NCCNc1ccc2ccccc2n1. The number of amides is 2. The molecule has 1 heterocycles. The molecule has 0 aliphatic rings. The molecule has 0 radical (unpaired) electrons. The topological polar surface area (TPSA) is 66.1 Å². The summed E-state index contributed by atoms with van der Waals surface area (Å²) in [6.07, 6.45) is 1.64. The molecule has 0 saturated heterocycles. The standard InChI is InChI=1S/C15H18N4O/c1-2-9-17-15(20)18-11-10-16-14-8-7-12-5-3-4-6-13(12)19-14/h2-8H,1,9-11H2,(H,16,19)(H2,17,18,20). The highest BCUT2D eigenvalue weighted by Gasteiger charge is 1.99. The summed E-state index contributed by atoms with van der Waals surface area (Å²) in [4.78, 5) is 15.8. The molecule has 2 rings (SSSR count). The van der Waals surface area contributed by atoms with E-state index < -0.39 is 0 Å². The number of hydrogen-bond donors (Lipinski definition) is 3. The van der Waals surface area contributed by atoms with Gasteiger partial charge in [0.2, 0.25) is 0 Å². The number of carbonyl (C=O) groups excluding carboxylic acids is 1. The van der Waals surface area contributed by atoms with E-state index in [0.717, 1.165) is 16.7 Å². The van der Waals surface area contributed by atoms with E-state index in [0.29, 0.717) is 19.6 Å². The van der Waals surface area contributed by atoms with Crippen molar-refractivity contribution >= 4 is 22.8 Å². The average molecular weight is 270 g/mol. The van der Waals surface area contributed by atoms with Crippen LogP contribution in [0.1, 0.15) is 0 Å². The Morgan fingerprint density at radius 1 is 1.15 bits per heavy atom. The molecule has 5 heteroatoms. The molecular weight excluding hydrogens is 252 g/mol. The van der Waals surface area contributed by atoms with E-state index in [2.05, 4.69) is 27.5 Å². The smallest absolute Gasteiger partial charge is 0.315 e. The first kappa shape index (κ1) is 13.9. The Morgan fingerprint density at radius 3 is 2.85 bits per heavy atom. The molecule has 3 N–H and O–H groups in total. The molecule has 20 heavy (non-hydrogen) atoms. The molecule has 5 nitrogen and oxygen atoms in total. The highest BCUT2D eigenvalue weighted by molar-refractivity contribution is 5.80. The first-order valence-corrected chi connectivity index (χ1v) is 6.52. The monoisotopic (exact) mass is 270 g/mol. The number of nitrogens with one attached hydrogen (secondary N) is 3. The minimum absolute atomic E-state index is 0.196. The van der Waals surface area contributed by atoms with Crippen molar-refractivity contribution in [1.29, 1.82) is 0 Å². The molecule has 0 spiro atoms. The fraction of sp³-hybridized carbons (Fsp3) is 0.200. The lowest BCUT2D eigenvalue weighted by atomic mass is 10.2. The normalized spacial score (nSPS) is 10.0. The Balaban J connectivity index is 1.78. The maximum absolute atomic E-state index is 11.3. The average Bonchev–Trinajstić information content (AvgIpc) is 2.49. The van der Waals surface area contributed by atoms with Gasteiger partial charge in [-0.25, -0.2) is 9.78 Å². The lowest BCUT2D eigenvalue weighted by molar-refractivity contribution is 0.242. The molecule has 0 unspecified atom stereocenters. The molecule has 0 atom stereocenters. The Bertz CT molecular complexity index is 597. The van der Waals surface area contributed by atoms with E-state index in [9.17, 15) is 4.79 Å². The van der Waals surface area contributed by atoms with Gasteiger partial charge >= 0.3 is 6.03 Å². The van der Waals surface area contributed by atoms with Crippen LogP contribution in [0.5, 0.6) is 0 Å². The summed E-state index contributed by atoms with van der Waals surface area (Å²) < 4.78 is 0. The minimum Gasteiger partial charge on any atom is -0.368 e. The summed E-state index contributed by atoms with van der Waals surface area (Å²) in [7, 11) is 0. The van der Waals surface area contributed by atoms with Crippen molar-refractivity contribution in [3.63, 3.8) is 0 Å². The summed E-state index contributed by atoms with van der Waals surface area (Å²) in [5.74, 6) is 0.803. The van der Waals surface area contributed by atoms with Crippen LogP contribution in [0.25, 0.3) is 10.9 Å². The zero-order valence-electron chi connectivity index (χ0n) is 11.2. The highest BCUT2D eigenvalue weighted by Crippen LogP contribution is 2.13. The van der Waals surface area contributed by atoms with Crippen molar-refractivity contribution in [2.24, 2.45) is 0 Å². The van der Waals surface area contributed by atoms with Crippen molar-refractivity contribution in [1.82, 2.24) is 15.6 Å². The molecule has 1 aromatic heterocycles. The number of para-hydroxylation sites is 1. The molecule has 0 aliphatic carbocycles. The maximum atomic E-state index is 11.3. The third-order valence-corrected chi connectivity index (χ3v) is 2.72. The number of carbonyl (C=O) groups is 1. The van der Waals surface area contributed by atoms with Gasteiger partial charge in [-0.3, -0.25) is 0 Å². The maximum Gasteiger partial charge on any atom is 0.315 e. The molecule has 2 aromatic rings. The van der Waals surface area contributed by atoms with E-state index >= 15 is 0 Å². The summed E-state index contributed by atoms with van der Waals surface area (Å²) in [5, 5.41) is 9.67. The van der Waals surface area contributed by atoms with Gasteiger partial charge in [0, 0.05) is 25.0 Å². The third-order valence-electron chi connectivity index (χ3n) is 2.72. The molecule has 0 fully saturated rings. The van der Waals surface area contributed by atoms with Crippen molar-refractivity contribution in [3.8, 4) is 0 Å². The fourth-order valence-electron chi connectivity index (χ4n) is 1.76. The number of urea groups is 1. The van der Waals surface area contributed by atoms with Crippen LogP contribution in [0.2, 0.25) is 0 Å².